The predicted octanol–water partition coefficient (Wildman–Crippen LogP) is 5.87. The summed E-state index contributed by atoms with van der Waals surface area (Å²) < 4.78 is 29.0. The van der Waals surface area contributed by atoms with Crippen molar-refractivity contribution in [2.45, 2.75) is 71.0 Å². The second-order valence-corrected chi connectivity index (χ2v) is 13.3. The predicted molar refractivity (Wildman–Crippen MR) is 161 cm³/mol. The van der Waals surface area contributed by atoms with Crippen LogP contribution in [-0.2, 0) is 26.2 Å². The van der Waals surface area contributed by atoms with E-state index in [1.54, 1.807) is 54.6 Å². The van der Waals surface area contributed by atoms with Crippen LogP contribution < -0.4 is 9.62 Å². The summed E-state index contributed by atoms with van der Waals surface area (Å²) in [7, 11) is -4.11. The second kappa shape index (κ2) is 12.9. The number of anilines is 1. The van der Waals surface area contributed by atoms with E-state index in [-0.39, 0.29) is 17.3 Å². The molecule has 1 N–H and O–H groups in total. The van der Waals surface area contributed by atoms with E-state index in [1.807, 2.05) is 47.6 Å². The van der Waals surface area contributed by atoms with Crippen molar-refractivity contribution < 1.29 is 18.0 Å². The molecule has 1 unspecified atom stereocenters. The fraction of sp³-hybridized carbons (Fsp3) is 0.355. The number of aryl methyl sites for hydroxylation is 2. The smallest absolute Gasteiger partial charge is 0.264 e. The van der Waals surface area contributed by atoms with Gasteiger partial charge >= 0.3 is 0 Å². The van der Waals surface area contributed by atoms with Crippen molar-refractivity contribution in [3.05, 3.63) is 94.5 Å². The van der Waals surface area contributed by atoms with Gasteiger partial charge in [0.25, 0.3) is 10.0 Å². The van der Waals surface area contributed by atoms with Gasteiger partial charge in [-0.15, -0.1) is 0 Å². The lowest BCUT2D eigenvalue weighted by molar-refractivity contribution is -0.141. The molecule has 40 heavy (non-hydrogen) atoms. The van der Waals surface area contributed by atoms with Crippen LogP contribution in [0, 0.1) is 13.8 Å². The number of halogens is 1. The zero-order chi connectivity index (χ0) is 29.7. The van der Waals surface area contributed by atoms with Gasteiger partial charge in [-0.05, 0) is 88.6 Å². The largest absolute Gasteiger partial charge is 0.350 e. The molecule has 0 fully saturated rings. The van der Waals surface area contributed by atoms with E-state index in [4.69, 9.17) is 11.6 Å². The highest BCUT2D eigenvalue weighted by Crippen LogP contribution is 2.26. The van der Waals surface area contributed by atoms with Crippen molar-refractivity contribution in [2.24, 2.45) is 0 Å². The first-order valence-electron chi connectivity index (χ1n) is 13.2. The van der Waals surface area contributed by atoms with E-state index in [0.29, 0.717) is 17.1 Å². The fourth-order valence-electron chi connectivity index (χ4n) is 4.31. The lowest BCUT2D eigenvalue weighted by Crippen LogP contribution is -2.55. The highest BCUT2D eigenvalue weighted by molar-refractivity contribution is 7.92. The normalized spacial score (nSPS) is 12.5. The molecule has 3 rings (SSSR count). The zero-order valence-corrected chi connectivity index (χ0v) is 25.5. The van der Waals surface area contributed by atoms with E-state index >= 15 is 0 Å². The minimum atomic E-state index is -4.11. The van der Waals surface area contributed by atoms with Crippen LogP contribution in [0.3, 0.4) is 0 Å². The maximum atomic E-state index is 14.1. The van der Waals surface area contributed by atoms with E-state index in [2.05, 4.69) is 5.32 Å². The number of nitrogens with one attached hydrogen (secondary N) is 1. The SMILES string of the molecule is CCC(C(=O)NC(C)(C)C)N(Cc1ccc(Cl)cc1)C(=O)CN(c1cccc(C)c1)S(=O)(=O)c1ccc(C)cc1. The summed E-state index contributed by atoms with van der Waals surface area (Å²) in [6, 6.07) is 19.7. The van der Waals surface area contributed by atoms with Gasteiger partial charge < -0.3 is 10.2 Å². The maximum absolute atomic E-state index is 14.1. The molecule has 2 amide bonds. The summed E-state index contributed by atoms with van der Waals surface area (Å²) in [6.45, 7) is 10.8. The number of sulfonamides is 1. The molecular formula is C31H38ClN3O4S. The molecule has 1 atom stereocenters. The van der Waals surface area contributed by atoms with Crippen molar-refractivity contribution in [2.75, 3.05) is 10.8 Å². The number of hydrogen-bond donors (Lipinski definition) is 1. The Kier molecular flexibility index (Phi) is 10.0. The third kappa shape index (κ3) is 8.08. The molecule has 0 aliphatic heterocycles. The van der Waals surface area contributed by atoms with E-state index in [0.717, 1.165) is 21.0 Å². The highest BCUT2D eigenvalue weighted by Gasteiger charge is 2.34. The minimum Gasteiger partial charge on any atom is -0.350 e. The molecule has 9 heteroatoms. The van der Waals surface area contributed by atoms with Crippen LogP contribution in [0.2, 0.25) is 5.02 Å². The maximum Gasteiger partial charge on any atom is 0.264 e. The van der Waals surface area contributed by atoms with Gasteiger partial charge in [0.05, 0.1) is 10.6 Å². The minimum absolute atomic E-state index is 0.0779. The first-order valence-corrected chi connectivity index (χ1v) is 15.0. The third-order valence-corrected chi connectivity index (χ3v) is 8.37. The van der Waals surface area contributed by atoms with Crippen LogP contribution in [0.4, 0.5) is 5.69 Å². The van der Waals surface area contributed by atoms with Crippen LogP contribution in [0.25, 0.3) is 0 Å². The lowest BCUT2D eigenvalue weighted by atomic mass is 10.1. The topological polar surface area (TPSA) is 86.8 Å². The van der Waals surface area contributed by atoms with Gasteiger partial charge in [0.1, 0.15) is 12.6 Å². The van der Waals surface area contributed by atoms with Crippen molar-refractivity contribution in [3.63, 3.8) is 0 Å². The first-order chi connectivity index (χ1) is 18.7. The zero-order valence-electron chi connectivity index (χ0n) is 23.9. The number of nitrogens with zero attached hydrogens (tertiary/aromatic N) is 2. The van der Waals surface area contributed by atoms with E-state index in [9.17, 15) is 18.0 Å². The van der Waals surface area contributed by atoms with Crippen LogP contribution in [0.15, 0.2) is 77.7 Å². The number of carbonyl (C=O) groups is 2. The Labute approximate surface area is 243 Å². The summed E-state index contributed by atoms with van der Waals surface area (Å²) in [4.78, 5) is 29.0. The summed E-state index contributed by atoms with van der Waals surface area (Å²) >= 11 is 6.07. The van der Waals surface area contributed by atoms with Gasteiger partial charge in [0, 0.05) is 17.1 Å². The molecule has 0 bridgehead atoms. The summed E-state index contributed by atoms with van der Waals surface area (Å²) in [5.74, 6) is -0.802. The van der Waals surface area contributed by atoms with Gasteiger partial charge in [0.2, 0.25) is 11.8 Å². The van der Waals surface area contributed by atoms with E-state index < -0.39 is 34.1 Å². The van der Waals surface area contributed by atoms with Crippen molar-refractivity contribution in [3.8, 4) is 0 Å². The Hall–Kier alpha value is -3.36. The van der Waals surface area contributed by atoms with Crippen molar-refractivity contribution >= 4 is 39.1 Å². The third-order valence-electron chi connectivity index (χ3n) is 6.33. The van der Waals surface area contributed by atoms with Gasteiger partial charge in [-0.25, -0.2) is 8.42 Å². The molecular weight excluding hydrogens is 546 g/mol. The molecule has 0 aliphatic carbocycles. The number of benzene rings is 3. The molecule has 214 valence electrons. The molecule has 3 aromatic rings. The van der Waals surface area contributed by atoms with Gasteiger partial charge in [-0.1, -0.05) is 60.5 Å². The Morgan fingerprint density at radius 3 is 2.10 bits per heavy atom. The summed E-state index contributed by atoms with van der Waals surface area (Å²) in [6.07, 6.45) is 0.344. The average molecular weight is 584 g/mol. The summed E-state index contributed by atoms with van der Waals surface area (Å²) in [5, 5.41) is 3.52. The first kappa shape index (κ1) is 31.2. The van der Waals surface area contributed by atoms with Crippen LogP contribution in [0.1, 0.15) is 50.8 Å². The standard InChI is InChI=1S/C31H38ClN3O4S/c1-7-28(30(37)33-31(4,5)6)34(20-24-13-15-25(32)16-14-24)29(36)21-35(26-10-8-9-23(3)19-26)40(38,39)27-17-11-22(2)12-18-27/h8-19,28H,7,20-21H2,1-6H3,(H,33,37). The monoisotopic (exact) mass is 583 g/mol. The summed E-state index contributed by atoms with van der Waals surface area (Å²) in [5.41, 5.74) is 2.39. The fourth-order valence-corrected chi connectivity index (χ4v) is 5.84. The van der Waals surface area contributed by atoms with Crippen LogP contribution in [-0.4, -0.2) is 43.3 Å². The highest BCUT2D eigenvalue weighted by atomic mass is 35.5. The molecule has 0 aromatic heterocycles. The molecule has 3 aromatic carbocycles. The number of carbonyl (C=O) groups excluding carboxylic acids is 2. The molecule has 0 saturated heterocycles. The molecule has 7 nitrogen and oxygen atoms in total. The van der Waals surface area contributed by atoms with Crippen LogP contribution in [0.5, 0.6) is 0 Å². The van der Waals surface area contributed by atoms with E-state index in [1.165, 1.54) is 17.0 Å². The molecule has 0 heterocycles. The number of rotatable bonds is 10. The molecule has 0 aliphatic rings. The number of hydrogen-bond acceptors (Lipinski definition) is 4. The average Bonchev–Trinajstić information content (AvgIpc) is 2.87. The Morgan fingerprint density at radius 1 is 0.925 bits per heavy atom. The van der Waals surface area contributed by atoms with Gasteiger partial charge in [-0.2, -0.15) is 0 Å². The second-order valence-electron chi connectivity index (χ2n) is 11.0. The quantitative estimate of drug-likeness (QED) is 0.323. The van der Waals surface area contributed by atoms with Gasteiger partial charge in [-0.3, -0.25) is 13.9 Å². The Bertz CT molecular complexity index is 1430. The van der Waals surface area contributed by atoms with Gasteiger partial charge in [0.15, 0.2) is 0 Å². The molecule has 0 saturated carbocycles. The Balaban J connectivity index is 2.07. The lowest BCUT2D eigenvalue weighted by Gasteiger charge is -2.34. The van der Waals surface area contributed by atoms with Crippen LogP contribution >= 0.6 is 11.6 Å². The van der Waals surface area contributed by atoms with Crippen molar-refractivity contribution in [1.29, 1.82) is 0 Å². The molecule has 0 spiro atoms. The van der Waals surface area contributed by atoms with Crippen molar-refractivity contribution in [1.82, 2.24) is 10.2 Å². The number of amides is 2. The Morgan fingerprint density at radius 2 is 1.55 bits per heavy atom. The molecule has 0 radical (unpaired) electrons.